The van der Waals surface area contributed by atoms with E-state index in [0.717, 1.165) is 10.9 Å². The summed E-state index contributed by atoms with van der Waals surface area (Å²) in [7, 11) is -3.61. The van der Waals surface area contributed by atoms with E-state index in [1.165, 1.54) is 0 Å². The van der Waals surface area contributed by atoms with Gasteiger partial charge >= 0.3 is 0 Å². The zero-order valence-corrected chi connectivity index (χ0v) is 17.4. The van der Waals surface area contributed by atoms with Crippen molar-refractivity contribution in [1.82, 2.24) is 5.32 Å². The van der Waals surface area contributed by atoms with Crippen molar-refractivity contribution in [1.29, 1.82) is 0 Å². The van der Waals surface area contributed by atoms with E-state index in [1.807, 2.05) is 13.8 Å². The summed E-state index contributed by atoms with van der Waals surface area (Å²) >= 11 is 3.34. The zero-order chi connectivity index (χ0) is 18.4. The minimum absolute atomic E-state index is 0.0108. The van der Waals surface area contributed by atoms with Gasteiger partial charge in [0.25, 0.3) is 0 Å². The maximum Gasteiger partial charge on any atom is 0.206 e. The van der Waals surface area contributed by atoms with Crippen LogP contribution in [0.25, 0.3) is 0 Å². The highest BCUT2D eigenvalue weighted by Crippen LogP contribution is 2.45. The second-order valence-corrected chi connectivity index (χ2v) is 10.6. The van der Waals surface area contributed by atoms with Crippen LogP contribution in [0.3, 0.4) is 0 Å². The van der Waals surface area contributed by atoms with Gasteiger partial charge in [0.2, 0.25) is 9.84 Å². The number of morpholine rings is 1. The molecule has 7 heteroatoms. The summed E-state index contributed by atoms with van der Waals surface area (Å²) in [5.41, 5.74) is -1.51. The number of sulfone groups is 1. The lowest BCUT2D eigenvalue weighted by atomic mass is 9.89. The van der Waals surface area contributed by atoms with Crippen LogP contribution in [0.1, 0.15) is 34.1 Å². The summed E-state index contributed by atoms with van der Waals surface area (Å²) in [4.78, 5) is 0.276. The maximum atomic E-state index is 13.2. The topological polar surface area (TPSA) is 64.6 Å². The molecule has 2 fully saturated rings. The number of halogens is 1. The first kappa shape index (κ1) is 19.3. The van der Waals surface area contributed by atoms with Crippen molar-refractivity contribution in [2.45, 2.75) is 68.3 Å². The molecule has 25 heavy (non-hydrogen) atoms. The second kappa shape index (κ2) is 6.93. The van der Waals surface area contributed by atoms with Gasteiger partial charge < -0.3 is 14.8 Å². The van der Waals surface area contributed by atoms with Gasteiger partial charge in [0, 0.05) is 11.0 Å². The number of ether oxygens (including phenoxy) is 2. The summed E-state index contributed by atoms with van der Waals surface area (Å²) in [5.74, 6) is 0.382. The van der Waals surface area contributed by atoms with E-state index >= 15 is 0 Å². The Hall–Kier alpha value is -0.470. The molecule has 2 bridgehead atoms. The second-order valence-electron chi connectivity index (χ2n) is 7.66. The highest BCUT2D eigenvalue weighted by Gasteiger charge is 2.64. The Kier molecular flexibility index (Phi) is 5.34. The molecule has 140 valence electrons. The Bertz CT molecular complexity index is 719. The molecule has 1 unspecified atom stereocenters. The van der Waals surface area contributed by atoms with Crippen LogP contribution in [0.15, 0.2) is 33.6 Å². The van der Waals surface area contributed by atoms with E-state index in [2.05, 4.69) is 35.1 Å². The normalized spacial score (nSPS) is 32.0. The first-order valence-electron chi connectivity index (χ1n) is 8.72. The lowest BCUT2D eigenvalue weighted by molar-refractivity contribution is -0.104. The first-order valence-corrected chi connectivity index (χ1v) is 11.1. The van der Waals surface area contributed by atoms with Crippen molar-refractivity contribution in [3.05, 3.63) is 28.7 Å². The third-order valence-electron chi connectivity index (χ3n) is 4.75. The van der Waals surface area contributed by atoms with E-state index in [-0.39, 0.29) is 23.1 Å². The average Bonchev–Trinajstić information content (AvgIpc) is 2.98. The molecule has 2 aliphatic heterocycles. The predicted octanol–water partition coefficient (Wildman–Crippen LogP) is 3.13. The largest absolute Gasteiger partial charge is 0.371 e. The molecule has 0 aromatic heterocycles. The molecular formula is C18H26BrNO4S. The van der Waals surface area contributed by atoms with Crippen LogP contribution >= 0.6 is 15.9 Å². The van der Waals surface area contributed by atoms with Crippen LogP contribution in [0.2, 0.25) is 0 Å². The summed E-state index contributed by atoms with van der Waals surface area (Å²) < 4.78 is 39.5. The van der Waals surface area contributed by atoms with Gasteiger partial charge in [0.1, 0.15) is 11.7 Å². The molecule has 1 aromatic rings. The Balaban J connectivity index is 1.95. The molecule has 0 radical (unpaired) electrons. The monoisotopic (exact) mass is 431 g/mol. The predicted molar refractivity (Wildman–Crippen MR) is 100 cm³/mol. The van der Waals surface area contributed by atoms with Gasteiger partial charge in [-0.25, -0.2) is 8.42 Å². The fourth-order valence-electron chi connectivity index (χ4n) is 3.92. The standard InChI is InChI=1S/C18H26BrNO4S/c1-11(2)9-18-10-20-15(16(18)23-12(3)4)17(24-18)25(21,22)14-7-5-13(19)6-8-14/h5-8,11-12,15-17,20H,9-10H2,1-4H3/t15-,16?,17-,18-/m0/s1. The first-order chi connectivity index (χ1) is 11.7. The Labute approximate surface area is 158 Å². The maximum absolute atomic E-state index is 13.2. The van der Waals surface area contributed by atoms with Crippen molar-refractivity contribution < 1.29 is 17.9 Å². The smallest absolute Gasteiger partial charge is 0.206 e. The van der Waals surface area contributed by atoms with Crippen LogP contribution in [-0.4, -0.2) is 44.2 Å². The SMILES string of the molecule is CC(C)C[C@]12CN[C@@H](C1OC(C)C)[C@H](S(=O)(=O)c1ccc(Br)cc1)O2. The molecule has 0 aliphatic carbocycles. The fraction of sp³-hybridized carbons (Fsp3) is 0.667. The van der Waals surface area contributed by atoms with E-state index in [0.29, 0.717) is 12.5 Å². The summed E-state index contributed by atoms with van der Waals surface area (Å²) in [6.45, 7) is 8.81. The molecule has 1 aromatic carbocycles. The highest BCUT2D eigenvalue weighted by molar-refractivity contribution is 9.10. The number of hydrogen-bond donors (Lipinski definition) is 1. The fourth-order valence-corrected chi connectivity index (χ4v) is 5.91. The van der Waals surface area contributed by atoms with Gasteiger partial charge in [-0.3, -0.25) is 0 Å². The van der Waals surface area contributed by atoms with Crippen LogP contribution in [0.5, 0.6) is 0 Å². The van der Waals surface area contributed by atoms with Gasteiger partial charge in [-0.15, -0.1) is 0 Å². The molecular weight excluding hydrogens is 406 g/mol. The van der Waals surface area contributed by atoms with Gasteiger partial charge in [-0.2, -0.15) is 0 Å². The lowest BCUT2D eigenvalue weighted by Crippen LogP contribution is -2.48. The van der Waals surface area contributed by atoms with Crippen LogP contribution < -0.4 is 5.32 Å². The van der Waals surface area contributed by atoms with Crippen molar-refractivity contribution in [3.8, 4) is 0 Å². The molecule has 2 saturated heterocycles. The quantitative estimate of drug-likeness (QED) is 0.749. The molecule has 5 nitrogen and oxygen atoms in total. The summed E-state index contributed by atoms with van der Waals surface area (Å²) in [6.07, 6.45) is 0.516. The van der Waals surface area contributed by atoms with Crippen LogP contribution in [0.4, 0.5) is 0 Å². The molecule has 2 heterocycles. The van der Waals surface area contributed by atoms with E-state index < -0.39 is 20.9 Å². The van der Waals surface area contributed by atoms with Gasteiger partial charge in [0.05, 0.1) is 17.0 Å². The average molecular weight is 432 g/mol. The number of rotatable bonds is 6. The Morgan fingerprint density at radius 3 is 2.48 bits per heavy atom. The number of fused-ring (bicyclic) bond motifs is 2. The van der Waals surface area contributed by atoms with Crippen LogP contribution in [-0.2, 0) is 19.3 Å². The number of nitrogens with one attached hydrogen (secondary N) is 1. The van der Waals surface area contributed by atoms with Gasteiger partial charge in [-0.1, -0.05) is 29.8 Å². The van der Waals surface area contributed by atoms with Crippen molar-refractivity contribution >= 4 is 25.8 Å². The third kappa shape index (κ3) is 3.54. The highest BCUT2D eigenvalue weighted by atomic mass is 79.9. The molecule has 0 spiro atoms. The molecule has 3 rings (SSSR count). The Morgan fingerprint density at radius 2 is 1.92 bits per heavy atom. The summed E-state index contributed by atoms with van der Waals surface area (Å²) in [6, 6.07) is 6.35. The van der Waals surface area contributed by atoms with Crippen molar-refractivity contribution in [3.63, 3.8) is 0 Å². The zero-order valence-electron chi connectivity index (χ0n) is 15.0. The minimum atomic E-state index is -3.61. The van der Waals surface area contributed by atoms with Gasteiger partial charge in [-0.05, 0) is 50.5 Å². The lowest BCUT2D eigenvalue weighted by Gasteiger charge is -2.34. The molecule has 2 aliphatic rings. The number of benzene rings is 1. The molecule has 0 amide bonds. The van der Waals surface area contributed by atoms with Crippen molar-refractivity contribution in [2.75, 3.05) is 6.54 Å². The summed E-state index contributed by atoms with van der Waals surface area (Å²) in [5, 5.41) is 3.36. The van der Waals surface area contributed by atoms with Crippen LogP contribution in [0, 0.1) is 5.92 Å². The molecule has 1 N–H and O–H groups in total. The van der Waals surface area contributed by atoms with E-state index in [4.69, 9.17) is 9.47 Å². The third-order valence-corrected chi connectivity index (χ3v) is 7.21. The van der Waals surface area contributed by atoms with Crippen molar-refractivity contribution in [2.24, 2.45) is 5.92 Å². The minimum Gasteiger partial charge on any atom is -0.371 e. The van der Waals surface area contributed by atoms with E-state index in [9.17, 15) is 8.42 Å². The molecule has 4 atom stereocenters. The number of hydrogen-bond acceptors (Lipinski definition) is 5. The van der Waals surface area contributed by atoms with E-state index in [1.54, 1.807) is 24.3 Å². The van der Waals surface area contributed by atoms with Gasteiger partial charge in [0.15, 0.2) is 5.44 Å². The Morgan fingerprint density at radius 1 is 1.28 bits per heavy atom. The molecule has 0 saturated carbocycles.